The van der Waals surface area contributed by atoms with Crippen molar-refractivity contribution in [2.24, 2.45) is 4.99 Å². The highest BCUT2D eigenvalue weighted by Crippen LogP contribution is 2.27. The van der Waals surface area contributed by atoms with Crippen LogP contribution in [-0.4, -0.2) is 67.3 Å². The van der Waals surface area contributed by atoms with Crippen molar-refractivity contribution in [3.05, 3.63) is 46.3 Å². The van der Waals surface area contributed by atoms with Crippen molar-refractivity contribution in [1.29, 1.82) is 0 Å². The Bertz CT molecular complexity index is 768. The molecule has 1 aromatic carbocycles. The van der Waals surface area contributed by atoms with Gasteiger partial charge in [-0.1, -0.05) is 28.4 Å². The number of hydrogen-bond acceptors (Lipinski definition) is 5. The van der Waals surface area contributed by atoms with Crippen LogP contribution in [0.15, 0.2) is 40.0 Å². The van der Waals surface area contributed by atoms with Crippen LogP contribution >= 0.6 is 47.2 Å². The van der Waals surface area contributed by atoms with Crippen LogP contribution in [0.4, 0.5) is 0 Å². The van der Waals surface area contributed by atoms with Gasteiger partial charge in [-0.05, 0) is 24.6 Å². The van der Waals surface area contributed by atoms with E-state index in [1.165, 1.54) is 0 Å². The first-order valence-corrected chi connectivity index (χ1v) is 10.1. The van der Waals surface area contributed by atoms with E-state index in [4.69, 9.17) is 32.5 Å². The van der Waals surface area contributed by atoms with Crippen LogP contribution in [0.3, 0.4) is 0 Å². The number of halogens is 3. The van der Waals surface area contributed by atoms with Crippen molar-refractivity contribution in [2.45, 2.75) is 13.0 Å². The number of guanidine groups is 1. The van der Waals surface area contributed by atoms with Gasteiger partial charge < -0.3 is 19.5 Å². The van der Waals surface area contributed by atoms with Crippen LogP contribution in [0.25, 0.3) is 0 Å². The van der Waals surface area contributed by atoms with Gasteiger partial charge in [0.05, 0.1) is 17.3 Å². The third-order valence-electron chi connectivity index (χ3n) is 4.52. The molecule has 3 rings (SSSR count). The Hall–Kier alpha value is -1.23. The fraction of sp³-hybridized carbons (Fsp3) is 0.474. The van der Waals surface area contributed by atoms with E-state index in [1.54, 1.807) is 24.5 Å². The lowest BCUT2D eigenvalue weighted by molar-refractivity contribution is 0.169. The first-order chi connectivity index (χ1) is 13.7. The number of nitrogens with one attached hydrogen (secondary N) is 1. The molecule has 0 amide bonds. The highest BCUT2D eigenvalue weighted by Gasteiger charge is 2.20. The Morgan fingerprint density at radius 2 is 2.03 bits per heavy atom. The summed E-state index contributed by atoms with van der Waals surface area (Å²) < 4.78 is 10.6. The molecule has 7 nitrogen and oxygen atoms in total. The van der Waals surface area contributed by atoms with E-state index >= 15 is 0 Å². The molecule has 0 aliphatic carbocycles. The van der Waals surface area contributed by atoms with Gasteiger partial charge in [0.25, 0.3) is 0 Å². The smallest absolute Gasteiger partial charge is 0.193 e. The molecule has 10 heteroatoms. The zero-order chi connectivity index (χ0) is 19.8. The number of ether oxygens (including phenoxy) is 1. The van der Waals surface area contributed by atoms with Crippen LogP contribution < -0.4 is 10.1 Å². The molecule has 0 spiro atoms. The molecule has 1 aliphatic rings. The van der Waals surface area contributed by atoms with Crippen molar-refractivity contribution in [3.8, 4) is 5.75 Å². The predicted molar refractivity (Wildman–Crippen MR) is 127 cm³/mol. The topological polar surface area (TPSA) is 66.1 Å². The molecule has 0 radical (unpaired) electrons. The zero-order valence-electron chi connectivity index (χ0n) is 16.3. The van der Waals surface area contributed by atoms with Gasteiger partial charge in [0.2, 0.25) is 0 Å². The van der Waals surface area contributed by atoms with Crippen molar-refractivity contribution < 1.29 is 9.26 Å². The SMILES string of the molecule is CN=C(NCCCOc1ccc(Cl)cc1Cl)N1CCN(Cc2ccon2)CC1.I. The van der Waals surface area contributed by atoms with Gasteiger partial charge in [-0.3, -0.25) is 9.89 Å². The summed E-state index contributed by atoms with van der Waals surface area (Å²) in [7, 11) is 1.81. The van der Waals surface area contributed by atoms with Crippen molar-refractivity contribution >= 4 is 53.1 Å². The van der Waals surface area contributed by atoms with Gasteiger partial charge >= 0.3 is 0 Å². The van der Waals surface area contributed by atoms with Crippen LogP contribution in [0.5, 0.6) is 5.75 Å². The molecule has 1 aromatic heterocycles. The number of nitrogens with zero attached hydrogens (tertiary/aromatic N) is 4. The maximum absolute atomic E-state index is 6.11. The fourth-order valence-corrected chi connectivity index (χ4v) is 3.51. The highest BCUT2D eigenvalue weighted by molar-refractivity contribution is 14.0. The largest absolute Gasteiger partial charge is 0.492 e. The van der Waals surface area contributed by atoms with E-state index in [9.17, 15) is 0 Å². The number of piperazine rings is 1. The second-order valence-electron chi connectivity index (χ2n) is 6.50. The Morgan fingerprint density at radius 3 is 2.69 bits per heavy atom. The van der Waals surface area contributed by atoms with Crippen LogP contribution in [0, 0.1) is 0 Å². The minimum atomic E-state index is 0. The minimum Gasteiger partial charge on any atom is -0.492 e. The summed E-state index contributed by atoms with van der Waals surface area (Å²) in [6, 6.07) is 7.15. The Balaban J connectivity index is 0.00000300. The molecule has 29 heavy (non-hydrogen) atoms. The lowest BCUT2D eigenvalue weighted by Gasteiger charge is -2.36. The van der Waals surface area contributed by atoms with E-state index < -0.39 is 0 Å². The summed E-state index contributed by atoms with van der Waals surface area (Å²) in [5.74, 6) is 1.57. The first kappa shape index (κ1) is 24.0. The molecule has 0 atom stereocenters. The van der Waals surface area contributed by atoms with E-state index in [-0.39, 0.29) is 24.0 Å². The zero-order valence-corrected chi connectivity index (χ0v) is 20.2. The third-order valence-corrected chi connectivity index (χ3v) is 5.05. The summed E-state index contributed by atoms with van der Waals surface area (Å²) in [6.45, 7) is 5.94. The lowest BCUT2D eigenvalue weighted by atomic mass is 10.3. The predicted octanol–water partition coefficient (Wildman–Crippen LogP) is 3.76. The van der Waals surface area contributed by atoms with Gasteiger partial charge in [-0.15, -0.1) is 24.0 Å². The number of hydrogen-bond donors (Lipinski definition) is 1. The van der Waals surface area contributed by atoms with Gasteiger partial charge in [0.15, 0.2) is 5.96 Å². The van der Waals surface area contributed by atoms with Gasteiger partial charge in [-0.2, -0.15) is 0 Å². The molecule has 0 saturated carbocycles. The second kappa shape index (κ2) is 12.5. The van der Waals surface area contributed by atoms with Crippen LogP contribution in [-0.2, 0) is 6.54 Å². The van der Waals surface area contributed by atoms with Gasteiger partial charge in [0.1, 0.15) is 12.0 Å². The molecule has 160 valence electrons. The van der Waals surface area contributed by atoms with E-state index in [0.717, 1.165) is 57.3 Å². The molecule has 2 heterocycles. The number of aliphatic imine (C=N–C) groups is 1. The Kier molecular flexibility index (Phi) is 10.3. The van der Waals surface area contributed by atoms with Crippen LogP contribution in [0.1, 0.15) is 12.1 Å². The van der Waals surface area contributed by atoms with Crippen LogP contribution in [0.2, 0.25) is 10.0 Å². The molecule has 1 saturated heterocycles. The molecule has 1 N–H and O–H groups in total. The summed E-state index contributed by atoms with van der Waals surface area (Å²) in [5.41, 5.74) is 0.969. The Morgan fingerprint density at radius 1 is 1.24 bits per heavy atom. The fourth-order valence-electron chi connectivity index (χ4n) is 3.05. The molecular weight excluding hydrogens is 528 g/mol. The maximum Gasteiger partial charge on any atom is 0.193 e. The molecule has 1 fully saturated rings. The summed E-state index contributed by atoms with van der Waals surface area (Å²) in [5, 5.41) is 8.51. The quantitative estimate of drug-likeness (QED) is 0.244. The minimum absolute atomic E-state index is 0. The second-order valence-corrected chi connectivity index (χ2v) is 7.35. The van der Waals surface area contributed by atoms with Gasteiger partial charge in [-0.25, -0.2) is 0 Å². The van der Waals surface area contributed by atoms with E-state index in [2.05, 4.69) is 25.3 Å². The normalized spacial score (nSPS) is 15.1. The third kappa shape index (κ3) is 7.51. The monoisotopic (exact) mass is 553 g/mol. The average Bonchev–Trinajstić information content (AvgIpc) is 3.20. The molecule has 2 aromatic rings. The number of benzene rings is 1. The van der Waals surface area contributed by atoms with Crippen molar-refractivity contribution in [2.75, 3.05) is 46.4 Å². The van der Waals surface area contributed by atoms with Gasteiger partial charge in [0, 0.05) is 57.4 Å². The summed E-state index contributed by atoms with van der Waals surface area (Å²) in [6.07, 6.45) is 2.45. The van der Waals surface area contributed by atoms with E-state index in [0.29, 0.717) is 22.4 Å². The first-order valence-electron chi connectivity index (χ1n) is 9.31. The Labute approximate surface area is 198 Å². The lowest BCUT2D eigenvalue weighted by Crippen LogP contribution is -2.52. The molecule has 0 bridgehead atoms. The molecular formula is C19H26Cl2IN5O2. The van der Waals surface area contributed by atoms with Crippen molar-refractivity contribution in [1.82, 2.24) is 20.3 Å². The summed E-state index contributed by atoms with van der Waals surface area (Å²) >= 11 is 12.0. The van der Waals surface area contributed by atoms with Crippen molar-refractivity contribution in [3.63, 3.8) is 0 Å². The summed E-state index contributed by atoms with van der Waals surface area (Å²) in [4.78, 5) is 9.04. The molecule has 0 unspecified atom stereocenters. The maximum atomic E-state index is 6.11. The molecule has 1 aliphatic heterocycles. The standard InChI is InChI=1S/C19H25Cl2N5O2.HI/c1-22-19(23-6-2-11-27-18-4-3-15(20)13-17(18)21)26-9-7-25(8-10-26)14-16-5-12-28-24-16;/h3-5,12-13H,2,6-11,14H2,1H3,(H,22,23);1H. The number of rotatable bonds is 7. The van der Waals surface area contributed by atoms with E-state index in [1.807, 2.05) is 13.1 Å². The highest BCUT2D eigenvalue weighted by atomic mass is 127. The average molecular weight is 554 g/mol. The number of aromatic nitrogens is 1.